The van der Waals surface area contributed by atoms with Crippen LogP contribution in [0.4, 0.5) is 5.69 Å². The highest BCUT2D eigenvalue weighted by atomic mass is 35.5. The van der Waals surface area contributed by atoms with Crippen LogP contribution >= 0.6 is 11.6 Å². The van der Waals surface area contributed by atoms with E-state index in [1.807, 2.05) is 0 Å². The summed E-state index contributed by atoms with van der Waals surface area (Å²) in [5, 5.41) is 10.5. The Labute approximate surface area is 96.3 Å². The molecule has 0 amide bonds. The number of nitro groups is 1. The molecular formula is C9H9ClN2O4. The molecule has 0 N–H and O–H groups in total. The zero-order valence-electron chi connectivity index (χ0n) is 8.47. The Morgan fingerprint density at radius 2 is 2.31 bits per heavy atom. The molecule has 0 aromatic carbocycles. The first kappa shape index (κ1) is 12.4. The molecule has 0 fully saturated rings. The summed E-state index contributed by atoms with van der Waals surface area (Å²) in [5.41, 5.74) is -0.0298. The highest BCUT2D eigenvalue weighted by molar-refractivity contribution is 6.33. The van der Waals surface area contributed by atoms with Crippen molar-refractivity contribution in [3.8, 4) is 0 Å². The van der Waals surface area contributed by atoms with Gasteiger partial charge in [0.1, 0.15) is 11.2 Å². The minimum Gasteiger partial charge on any atom is -0.466 e. The Morgan fingerprint density at radius 3 is 2.88 bits per heavy atom. The third-order valence-electron chi connectivity index (χ3n) is 1.77. The SMILES string of the molecule is CCOC(=O)Cc1cncc([N+](=O)[O-])c1Cl. The average molecular weight is 245 g/mol. The second-order valence-electron chi connectivity index (χ2n) is 2.87. The first-order chi connectivity index (χ1) is 7.56. The summed E-state index contributed by atoms with van der Waals surface area (Å²) < 4.78 is 4.71. The van der Waals surface area contributed by atoms with Crippen LogP contribution in [0.2, 0.25) is 5.02 Å². The minimum absolute atomic E-state index is 0.0759. The number of hydrogen-bond donors (Lipinski definition) is 0. The first-order valence-corrected chi connectivity index (χ1v) is 4.86. The van der Waals surface area contributed by atoms with Gasteiger partial charge in [0, 0.05) is 11.8 Å². The summed E-state index contributed by atoms with van der Waals surface area (Å²) in [4.78, 5) is 24.7. The van der Waals surface area contributed by atoms with E-state index in [1.54, 1.807) is 6.92 Å². The summed E-state index contributed by atoms with van der Waals surface area (Å²) in [7, 11) is 0. The lowest BCUT2D eigenvalue weighted by molar-refractivity contribution is -0.385. The van der Waals surface area contributed by atoms with Crippen molar-refractivity contribution in [2.45, 2.75) is 13.3 Å². The van der Waals surface area contributed by atoms with Crippen LogP contribution < -0.4 is 0 Å². The van der Waals surface area contributed by atoms with Gasteiger partial charge in [-0.25, -0.2) is 0 Å². The van der Waals surface area contributed by atoms with Crippen LogP contribution in [0.15, 0.2) is 12.4 Å². The molecule has 1 aromatic heterocycles. The normalized spacial score (nSPS) is 9.88. The lowest BCUT2D eigenvalue weighted by Crippen LogP contribution is -2.08. The number of rotatable bonds is 4. The van der Waals surface area contributed by atoms with Crippen LogP contribution in [0.5, 0.6) is 0 Å². The molecule has 0 aliphatic carbocycles. The van der Waals surface area contributed by atoms with E-state index in [0.717, 1.165) is 6.20 Å². The summed E-state index contributed by atoms with van der Waals surface area (Å²) in [6.07, 6.45) is 2.23. The second-order valence-corrected chi connectivity index (χ2v) is 3.25. The molecule has 1 rings (SSSR count). The number of aromatic nitrogens is 1. The second kappa shape index (κ2) is 5.41. The highest BCUT2D eigenvalue weighted by Crippen LogP contribution is 2.26. The van der Waals surface area contributed by atoms with Gasteiger partial charge in [0.25, 0.3) is 0 Å². The Balaban J connectivity index is 2.93. The molecule has 0 spiro atoms. The summed E-state index contributed by atoms with van der Waals surface area (Å²) in [6, 6.07) is 0. The lowest BCUT2D eigenvalue weighted by atomic mass is 10.2. The Morgan fingerprint density at radius 1 is 1.62 bits per heavy atom. The largest absolute Gasteiger partial charge is 0.466 e. The van der Waals surface area contributed by atoms with Gasteiger partial charge in [-0.3, -0.25) is 19.9 Å². The zero-order valence-corrected chi connectivity index (χ0v) is 9.23. The number of carbonyl (C=O) groups excluding carboxylic acids is 1. The molecule has 0 bridgehead atoms. The topological polar surface area (TPSA) is 82.3 Å². The van der Waals surface area contributed by atoms with Crippen LogP contribution in [0.3, 0.4) is 0 Å². The molecule has 0 atom stereocenters. The molecule has 1 heterocycles. The van der Waals surface area contributed by atoms with E-state index in [4.69, 9.17) is 16.3 Å². The lowest BCUT2D eigenvalue weighted by Gasteiger charge is -2.03. The molecule has 0 saturated heterocycles. The molecule has 16 heavy (non-hydrogen) atoms. The Hall–Kier alpha value is -1.69. The quantitative estimate of drug-likeness (QED) is 0.458. The fraction of sp³-hybridized carbons (Fsp3) is 0.333. The number of nitrogens with zero attached hydrogens (tertiary/aromatic N) is 2. The van der Waals surface area contributed by atoms with Crippen LogP contribution in [-0.4, -0.2) is 22.5 Å². The maximum Gasteiger partial charge on any atom is 0.310 e. The molecule has 6 nitrogen and oxygen atoms in total. The molecule has 7 heteroatoms. The van der Waals surface area contributed by atoms with Crippen molar-refractivity contribution < 1.29 is 14.5 Å². The van der Waals surface area contributed by atoms with E-state index in [2.05, 4.69) is 4.98 Å². The maximum absolute atomic E-state index is 11.2. The molecular weight excluding hydrogens is 236 g/mol. The summed E-state index contributed by atoms with van der Waals surface area (Å²) >= 11 is 5.76. The highest BCUT2D eigenvalue weighted by Gasteiger charge is 2.18. The number of halogens is 1. The van der Waals surface area contributed by atoms with E-state index in [1.165, 1.54) is 6.20 Å². The minimum atomic E-state index is -0.649. The predicted octanol–water partition coefficient (Wildman–Crippen LogP) is 1.75. The smallest absolute Gasteiger partial charge is 0.310 e. The van der Waals surface area contributed by atoms with Crippen molar-refractivity contribution in [2.24, 2.45) is 0 Å². The van der Waals surface area contributed by atoms with Gasteiger partial charge < -0.3 is 4.74 Å². The van der Waals surface area contributed by atoms with Gasteiger partial charge >= 0.3 is 11.7 Å². The first-order valence-electron chi connectivity index (χ1n) is 4.48. The van der Waals surface area contributed by atoms with Gasteiger partial charge in [-0.05, 0) is 6.92 Å². The summed E-state index contributed by atoms with van der Waals surface area (Å²) in [6.45, 7) is 1.92. The van der Waals surface area contributed by atoms with Gasteiger partial charge in [0.05, 0.1) is 18.0 Å². The third-order valence-corrected chi connectivity index (χ3v) is 2.21. The molecule has 86 valence electrons. The van der Waals surface area contributed by atoms with Gasteiger partial charge in [0.2, 0.25) is 0 Å². The Bertz CT molecular complexity index is 422. The molecule has 0 radical (unpaired) electrons. The van der Waals surface area contributed by atoms with Crippen LogP contribution in [0.25, 0.3) is 0 Å². The fourth-order valence-corrected chi connectivity index (χ4v) is 1.33. The fourth-order valence-electron chi connectivity index (χ4n) is 1.09. The standard InChI is InChI=1S/C9H9ClN2O4/c1-2-16-8(13)3-6-4-11-5-7(9(6)10)12(14)15/h4-5H,2-3H2,1H3. The van der Waals surface area contributed by atoms with Crippen LogP contribution in [0.1, 0.15) is 12.5 Å². The molecule has 0 unspecified atom stereocenters. The van der Waals surface area contributed by atoms with Gasteiger partial charge in [-0.2, -0.15) is 0 Å². The predicted molar refractivity (Wildman–Crippen MR) is 56.2 cm³/mol. The van der Waals surface area contributed by atoms with Crippen molar-refractivity contribution in [1.82, 2.24) is 4.98 Å². The maximum atomic E-state index is 11.2. The number of carbonyl (C=O) groups is 1. The van der Waals surface area contributed by atoms with Crippen molar-refractivity contribution in [3.63, 3.8) is 0 Å². The van der Waals surface area contributed by atoms with Crippen molar-refractivity contribution in [3.05, 3.63) is 33.1 Å². The molecule has 0 aliphatic rings. The van der Waals surface area contributed by atoms with Crippen molar-refractivity contribution in [2.75, 3.05) is 6.61 Å². The molecule has 1 aromatic rings. The summed E-state index contributed by atoms with van der Waals surface area (Å²) in [5.74, 6) is -0.494. The number of ether oxygens (including phenoxy) is 1. The zero-order chi connectivity index (χ0) is 12.1. The molecule has 0 aliphatic heterocycles. The van der Waals surface area contributed by atoms with Crippen molar-refractivity contribution in [1.29, 1.82) is 0 Å². The Kier molecular flexibility index (Phi) is 4.19. The van der Waals surface area contributed by atoms with E-state index in [9.17, 15) is 14.9 Å². The number of pyridine rings is 1. The van der Waals surface area contributed by atoms with Gasteiger partial charge in [-0.15, -0.1) is 0 Å². The van der Waals surface area contributed by atoms with Crippen LogP contribution in [0, 0.1) is 10.1 Å². The monoisotopic (exact) mass is 244 g/mol. The number of hydrogen-bond acceptors (Lipinski definition) is 5. The molecule has 0 saturated carbocycles. The van der Waals surface area contributed by atoms with E-state index in [-0.39, 0.29) is 29.3 Å². The third kappa shape index (κ3) is 2.90. The van der Waals surface area contributed by atoms with Crippen molar-refractivity contribution >= 4 is 23.3 Å². The van der Waals surface area contributed by atoms with Gasteiger partial charge in [-0.1, -0.05) is 11.6 Å². The van der Waals surface area contributed by atoms with E-state index in [0.29, 0.717) is 0 Å². The number of esters is 1. The van der Waals surface area contributed by atoms with Gasteiger partial charge in [0.15, 0.2) is 0 Å². The average Bonchev–Trinajstić information content (AvgIpc) is 2.21. The van der Waals surface area contributed by atoms with E-state index >= 15 is 0 Å². The van der Waals surface area contributed by atoms with E-state index < -0.39 is 10.9 Å². The van der Waals surface area contributed by atoms with Crippen LogP contribution in [-0.2, 0) is 16.0 Å².